The minimum Gasteiger partial charge on any atom is -0.456 e. The van der Waals surface area contributed by atoms with Crippen molar-refractivity contribution in [3.63, 3.8) is 0 Å². The standard InChI is InChI=1S/C45H31N5O/c1-4-14-28(15-5-1)43-46-44(29-16-6-2-7-17-29)48-45(47-43)50-38-27-37-34(31-20-10-12-22-36(31)49(37)30-18-8-3-9-19-30)26-35(38)32-24-25-40-41(42(32)50)33-21-11-13-23-39(33)51-40/h1-27,43,45,47H,(H,46,48). The lowest BCUT2D eigenvalue weighted by Gasteiger charge is -2.33. The Balaban J connectivity index is 1.29. The highest BCUT2D eigenvalue weighted by atomic mass is 16.3. The van der Waals surface area contributed by atoms with Crippen LogP contribution in [0.2, 0.25) is 0 Å². The van der Waals surface area contributed by atoms with Crippen LogP contribution in [0.25, 0.3) is 71.2 Å². The normalized spacial score (nSPS) is 16.4. The lowest BCUT2D eigenvalue weighted by molar-refractivity contribution is 0.341. The molecule has 0 spiro atoms. The van der Waals surface area contributed by atoms with E-state index in [1.54, 1.807) is 0 Å². The van der Waals surface area contributed by atoms with Gasteiger partial charge >= 0.3 is 0 Å². The molecule has 7 aromatic carbocycles. The molecule has 0 saturated heterocycles. The number of rotatable bonds is 4. The molecule has 0 amide bonds. The lowest BCUT2D eigenvalue weighted by atomic mass is 10.1. The van der Waals surface area contributed by atoms with Gasteiger partial charge in [0.05, 0.1) is 27.5 Å². The predicted octanol–water partition coefficient (Wildman–Crippen LogP) is 10.6. The molecule has 1 aliphatic rings. The van der Waals surface area contributed by atoms with Gasteiger partial charge in [-0.05, 0) is 54.1 Å². The fourth-order valence-electron chi connectivity index (χ4n) is 8.15. The molecule has 0 aliphatic carbocycles. The zero-order valence-electron chi connectivity index (χ0n) is 27.5. The smallest absolute Gasteiger partial charge is 0.184 e. The van der Waals surface area contributed by atoms with E-state index in [1.165, 1.54) is 21.7 Å². The number of aliphatic imine (C=N–C) groups is 1. The Morgan fingerprint density at radius 3 is 2.04 bits per heavy atom. The zero-order chi connectivity index (χ0) is 33.5. The molecule has 51 heavy (non-hydrogen) atoms. The maximum atomic E-state index is 6.49. The molecule has 1 aliphatic heterocycles. The number of aromatic nitrogens is 2. The summed E-state index contributed by atoms with van der Waals surface area (Å²) in [6, 6.07) is 57.7. The van der Waals surface area contributed by atoms with E-state index >= 15 is 0 Å². The van der Waals surface area contributed by atoms with Crippen LogP contribution in [0.5, 0.6) is 0 Å². The van der Waals surface area contributed by atoms with Gasteiger partial charge in [0.15, 0.2) is 6.29 Å². The fourth-order valence-corrected chi connectivity index (χ4v) is 8.15. The van der Waals surface area contributed by atoms with Crippen molar-refractivity contribution in [2.24, 2.45) is 4.99 Å². The first kappa shape index (κ1) is 28.2. The first-order valence-corrected chi connectivity index (χ1v) is 17.4. The Morgan fingerprint density at radius 1 is 0.529 bits per heavy atom. The molecule has 0 bridgehead atoms. The number of hydrogen-bond acceptors (Lipinski definition) is 4. The number of para-hydroxylation sites is 3. The van der Waals surface area contributed by atoms with Crippen molar-refractivity contribution >= 4 is 71.4 Å². The fraction of sp³-hybridized carbons (Fsp3) is 0.0444. The molecule has 10 aromatic rings. The highest BCUT2D eigenvalue weighted by Gasteiger charge is 2.30. The predicted molar refractivity (Wildman–Crippen MR) is 209 cm³/mol. The van der Waals surface area contributed by atoms with Crippen molar-refractivity contribution in [1.29, 1.82) is 0 Å². The monoisotopic (exact) mass is 657 g/mol. The molecule has 2 unspecified atom stereocenters. The number of benzene rings is 7. The summed E-state index contributed by atoms with van der Waals surface area (Å²) in [5.41, 5.74) is 9.55. The molecular formula is C45H31N5O. The van der Waals surface area contributed by atoms with Crippen molar-refractivity contribution in [2.75, 3.05) is 0 Å². The van der Waals surface area contributed by atoms with Crippen LogP contribution in [-0.2, 0) is 0 Å². The molecule has 4 heterocycles. The maximum Gasteiger partial charge on any atom is 0.184 e. The summed E-state index contributed by atoms with van der Waals surface area (Å²) in [7, 11) is 0. The van der Waals surface area contributed by atoms with Crippen LogP contribution >= 0.6 is 0 Å². The first-order valence-electron chi connectivity index (χ1n) is 17.4. The molecular weight excluding hydrogens is 627 g/mol. The van der Waals surface area contributed by atoms with Gasteiger partial charge in [0.25, 0.3) is 0 Å². The number of nitrogens with zero attached hydrogens (tertiary/aromatic N) is 3. The number of furan rings is 1. The van der Waals surface area contributed by atoms with Gasteiger partial charge in [0, 0.05) is 38.2 Å². The second-order valence-electron chi connectivity index (χ2n) is 13.2. The lowest BCUT2D eigenvalue weighted by Crippen LogP contribution is -2.46. The van der Waals surface area contributed by atoms with E-state index in [2.05, 4.69) is 171 Å². The van der Waals surface area contributed by atoms with Crippen LogP contribution < -0.4 is 10.6 Å². The molecule has 3 aromatic heterocycles. The van der Waals surface area contributed by atoms with Crippen molar-refractivity contribution in [3.8, 4) is 5.69 Å². The van der Waals surface area contributed by atoms with E-state index in [0.717, 1.165) is 66.5 Å². The van der Waals surface area contributed by atoms with Crippen molar-refractivity contribution in [1.82, 2.24) is 19.8 Å². The van der Waals surface area contributed by atoms with Gasteiger partial charge in [-0.3, -0.25) is 5.32 Å². The van der Waals surface area contributed by atoms with Crippen molar-refractivity contribution in [3.05, 3.63) is 175 Å². The minimum atomic E-state index is -0.446. The largest absolute Gasteiger partial charge is 0.456 e. The average molecular weight is 658 g/mol. The summed E-state index contributed by atoms with van der Waals surface area (Å²) in [6.45, 7) is 0. The molecule has 0 fully saturated rings. The zero-order valence-corrected chi connectivity index (χ0v) is 27.5. The summed E-state index contributed by atoms with van der Waals surface area (Å²) in [4.78, 5) is 5.47. The van der Waals surface area contributed by atoms with Crippen molar-refractivity contribution in [2.45, 2.75) is 12.5 Å². The SMILES string of the molecule is c1ccc(C2=NC(n3c4cc5c(cc4c4ccc6oc7ccccc7c6c43)c3ccccc3n5-c3ccccc3)NC(c3ccccc3)N2)cc1. The second kappa shape index (κ2) is 10.9. The first-order chi connectivity index (χ1) is 25.3. The topological polar surface area (TPSA) is 59.4 Å². The van der Waals surface area contributed by atoms with Gasteiger partial charge in [0.2, 0.25) is 0 Å². The Bertz CT molecular complexity index is 2970. The van der Waals surface area contributed by atoms with Crippen molar-refractivity contribution < 1.29 is 4.42 Å². The minimum absolute atomic E-state index is 0.184. The third kappa shape index (κ3) is 4.24. The van der Waals surface area contributed by atoms with Gasteiger partial charge in [-0.15, -0.1) is 0 Å². The third-order valence-electron chi connectivity index (χ3n) is 10.4. The number of hydrogen-bond donors (Lipinski definition) is 2. The summed E-state index contributed by atoms with van der Waals surface area (Å²) in [5.74, 6) is 0.840. The molecule has 6 nitrogen and oxygen atoms in total. The summed E-state index contributed by atoms with van der Waals surface area (Å²) < 4.78 is 11.3. The van der Waals surface area contributed by atoms with E-state index in [9.17, 15) is 0 Å². The van der Waals surface area contributed by atoms with Crippen LogP contribution in [0.3, 0.4) is 0 Å². The van der Waals surface area contributed by atoms with Crippen LogP contribution in [0.4, 0.5) is 0 Å². The molecule has 0 saturated carbocycles. The quantitative estimate of drug-likeness (QED) is 0.198. The van der Waals surface area contributed by atoms with Crippen LogP contribution in [0, 0.1) is 0 Å². The van der Waals surface area contributed by atoms with Crippen LogP contribution in [-0.4, -0.2) is 15.0 Å². The Hall–Kier alpha value is -6.63. The molecule has 6 heteroatoms. The van der Waals surface area contributed by atoms with Gasteiger partial charge < -0.3 is 18.9 Å². The number of fused-ring (bicyclic) bond motifs is 10. The van der Waals surface area contributed by atoms with Crippen LogP contribution in [0.15, 0.2) is 173 Å². The highest BCUT2D eigenvalue weighted by Crippen LogP contribution is 2.44. The van der Waals surface area contributed by atoms with Gasteiger partial charge in [0.1, 0.15) is 23.2 Å². The Labute approximate surface area is 292 Å². The number of nitrogens with one attached hydrogen (secondary N) is 2. The Kier molecular flexibility index (Phi) is 6.05. The van der Waals surface area contributed by atoms with E-state index in [0.29, 0.717) is 0 Å². The molecule has 2 N–H and O–H groups in total. The summed E-state index contributed by atoms with van der Waals surface area (Å²) >= 11 is 0. The maximum absolute atomic E-state index is 6.49. The van der Waals surface area contributed by atoms with Gasteiger partial charge in [-0.25, -0.2) is 4.99 Å². The van der Waals surface area contributed by atoms with E-state index in [4.69, 9.17) is 9.41 Å². The van der Waals surface area contributed by atoms with E-state index < -0.39 is 6.29 Å². The Morgan fingerprint density at radius 2 is 1.22 bits per heavy atom. The van der Waals surface area contributed by atoms with Gasteiger partial charge in [-0.1, -0.05) is 115 Å². The van der Waals surface area contributed by atoms with Crippen LogP contribution in [0.1, 0.15) is 23.6 Å². The summed E-state index contributed by atoms with van der Waals surface area (Å²) in [5, 5.41) is 14.6. The van der Waals surface area contributed by atoms with Gasteiger partial charge in [-0.2, -0.15) is 0 Å². The second-order valence-corrected chi connectivity index (χ2v) is 13.2. The molecule has 0 radical (unpaired) electrons. The average Bonchev–Trinajstić information content (AvgIpc) is 3.85. The molecule has 242 valence electrons. The third-order valence-corrected chi connectivity index (χ3v) is 10.4. The van der Waals surface area contributed by atoms with E-state index in [1.807, 2.05) is 12.1 Å². The number of amidine groups is 1. The molecule has 11 rings (SSSR count). The molecule has 2 atom stereocenters. The summed E-state index contributed by atoms with van der Waals surface area (Å²) in [6.07, 6.45) is -0.630. The van der Waals surface area contributed by atoms with E-state index in [-0.39, 0.29) is 6.17 Å². The highest BCUT2D eigenvalue weighted by molar-refractivity contribution is 6.26.